The first-order valence-corrected chi connectivity index (χ1v) is 7.13. The van der Waals surface area contributed by atoms with Gasteiger partial charge in [0, 0.05) is 0 Å². The second-order valence-corrected chi connectivity index (χ2v) is 0. The van der Waals surface area contributed by atoms with Gasteiger partial charge in [0.05, 0.1) is 0 Å². The van der Waals surface area contributed by atoms with Crippen molar-refractivity contribution in [1.82, 2.24) is 0 Å². The molecule has 0 amide bonds. The van der Waals surface area contributed by atoms with E-state index in [0.717, 1.165) is 0 Å². The molecule has 0 spiro atoms. The first-order chi connectivity index (χ1) is 6.00. The molecule has 0 fully saturated rings. The fourth-order valence-electron chi connectivity index (χ4n) is 0. The number of nitrogens with zero attached hydrogens (tertiary/aromatic N) is 1. The van der Waals surface area contributed by atoms with E-state index in [2.05, 4.69) is 113 Å². The van der Waals surface area contributed by atoms with Crippen molar-refractivity contribution in [1.29, 1.82) is 0 Å². The topological polar surface area (TPSA) is 39.4 Å². The third-order valence-electron chi connectivity index (χ3n) is 0. The first kappa shape index (κ1) is 44.0. The number of nitroso groups, excluding NO2 is 1. The molecule has 0 aromatic carbocycles. The summed E-state index contributed by atoms with van der Waals surface area (Å²) >= 11 is 17.8. The zero-order valence-corrected chi connectivity index (χ0v) is 14.7. The minimum absolute atomic E-state index is 0. The molecule has 84 valence electrons. The maximum atomic E-state index is 7.25. The van der Waals surface area contributed by atoms with Crippen molar-refractivity contribution in [3.05, 3.63) is 10.5 Å². The molecule has 0 N–H and O–H groups in total. The zero-order valence-electron chi connectivity index (χ0n) is 5.14. The molecule has 13 heteroatoms. The van der Waals surface area contributed by atoms with E-state index < -0.39 is 0 Å². The first-order valence-electron chi connectivity index (χ1n) is 0.954. The Kier molecular flexibility index (Phi) is 927. The molecule has 0 aliphatic heterocycles. The van der Waals surface area contributed by atoms with Gasteiger partial charge in [0.15, 0.2) is 0 Å². The summed E-state index contributed by atoms with van der Waals surface area (Å²) in [6.07, 6.45) is 0. The van der Waals surface area contributed by atoms with Crippen molar-refractivity contribution in [2.45, 2.75) is 0 Å². The minimum atomic E-state index is 0. The van der Waals surface area contributed by atoms with Crippen LogP contribution in [0.4, 0.5) is 0 Å². The summed E-state index contributed by atoms with van der Waals surface area (Å²) in [5.41, 5.74) is 5.75. The summed E-state index contributed by atoms with van der Waals surface area (Å²) in [7, 11) is 21.1. The van der Waals surface area contributed by atoms with Crippen molar-refractivity contribution in [3.63, 3.8) is 0 Å². The predicted octanol–water partition coefficient (Wildman–Crippen LogP) is 3.76. The van der Waals surface area contributed by atoms with Crippen LogP contribution >= 0.6 is 53.4 Å². The van der Waals surface area contributed by atoms with E-state index in [1.807, 2.05) is 0 Å². The molecule has 0 saturated carbocycles. The molecule has 13 heavy (non-hydrogen) atoms. The Balaban J connectivity index is -0.00000000655. The summed E-state index contributed by atoms with van der Waals surface area (Å²) < 4.78 is 0. The van der Waals surface area contributed by atoms with Gasteiger partial charge in [-0.25, -0.2) is 0 Å². The molecule has 0 aromatic heterocycles. The summed E-state index contributed by atoms with van der Waals surface area (Å²) in [6.45, 7) is 0. The van der Waals surface area contributed by atoms with Gasteiger partial charge in [-0.05, 0) is 0 Å². The average Bonchev–Trinajstić information content (AvgIpc) is 2.33. The van der Waals surface area contributed by atoms with Crippen molar-refractivity contribution >= 4 is 113 Å². The van der Waals surface area contributed by atoms with Crippen molar-refractivity contribution in [2.24, 2.45) is 0 Å². The molecular formula is Cl5NORuS5. The van der Waals surface area contributed by atoms with Crippen LogP contribution in [0.5, 0.6) is 0 Å². The van der Waals surface area contributed by atoms with Gasteiger partial charge in [-0.15, -0.1) is 0 Å². The molecule has 0 aliphatic carbocycles. The van der Waals surface area contributed by atoms with Crippen molar-refractivity contribution in [3.8, 4) is 0 Å². The molecule has 0 heterocycles. The maximum Gasteiger partial charge on any atom is 6.00 e. The van der Waals surface area contributed by atoms with E-state index in [1.165, 1.54) is 0 Å². The molecule has 2 nitrogen and oxygen atoms in total. The molecule has 0 saturated heterocycles. The van der Waals surface area contributed by atoms with Gasteiger partial charge in [-0.1, -0.05) is 0 Å². The Morgan fingerprint density at radius 2 is 0.538 bits per heavy atom. The molecule has 0 atom stereocenters. The number of halogens is 5. The van der Waals surface area contributed by atoms with Crippen molar-refractivity contribution < 1.29 is 19.5 Å². The van der Waals surface area contributed by atoms with Crippen LogP contribution in [0, 0.1) is 4.91 Å². The van der Waals surface area contributed by atoms with E-state index in [0.29, 0.717) is 0 Å². The van der Waals surface area contributed by atoms with Crippen LogP contribution < -0.4 is 0 Å². The molecule has 0 unspecified atom stereocenters. The van der Waals surface area contributed by atoms with Gasteiger partial charge >= 0.3 is 19.5 Å². The Morgan fingerprint density at radius 3 is 0.538 bits per heavy atom. The van der Waals surface area contributed by atoms with Crippen LogP contribution in [0.15, 0.2) is 0 Å². The summed E-state index contributed by atoms with van der Waals surface area (Å²) in [4.78, 5) is 7.25. The second kappa shape index (κ2) is 274. The van der Waals surface area contributed by atoms with Gasteiger partial charge in [-0.3, -0.25) is 0 Å². The quantitative estimate of drug-likeness (QED) is 0.398. The molecule has 0 aliphatic rings. The van der Waals surface area contributed by atoms with Crippen LogP contribution in [0.25, 0.3) is 5.59 Å². The fraction of sp³-hybridized carbons (Fsp3) is 0. The third-order valence-corrected chi connectivity index (χ3v) is 0. The summed E-state index contributed by atoms with van der Waals surface area (Å²) in [5.74, 6) is 0. The SMILES string of the molecule is [N-]=O.[Ru+6].[S-]Cl.[S-]Cl.[S-]Cl.[S-]Cl.[S-]Cl. The third kappa shape index (κ3) is 237. The normalized spacial score (nSPS) is 2.62. The fourth-order valence-corrected chi connectivity index (χ4v) is 0. The van der Waals surface area contributed by atoms with Crippen LogP contribution in [0.1, 0.15) is 0 Å². The largest absolute Gasteiger partial charge is 6.00 e. The number of hydrogen-bond acceptors (Lipinski definition) is 6. The van der Waals surface area contributed by atoms with Crippen LogP contribution in [0.3, 0.4) is 0 Å². The molecule has 0 bridgehead atoms. The number of rotatable bonds is 0. The summed E-state index contributed by atoms with van der Waals surface area (Å²) in [5, 5.41) is 0. The number of hydrogen-bond donors (Lipinski definition) is 0. The van der Waals surface area contributed by atoms with Crippen LogP contribution in [-0.4, -0.2) is 0 Å². The van der Waals surface area contributed by atoms with E-state index in [9.17, 15) is 0 Å². The average molecular weight is 469 g/mol. The second-order valence-electron chi connectivity index (χ2n) is 0. The Morgan fingerprint density at radius 1 is 0.538 bits per heavy atom. The van der Waals surface area contributed by atoms with Crippen molar-refractivity contribution in [2.75, 3.05) is 0 Å². The Bertz CT molecular complexity index is 24.9. The van der Waals surface area contributed by atoms with Crippen LogP contribution in [-0.2, 0) is 78.7 Å². The molecule has 0 rings (SSSR count). The van der Waals surface area contributed by atoms with Gasteiger partial charge in [0.1, 0.15) is 0 Å². The van der Waals surface area contributed by atoms with E-state index >= 15 is 0 Å². The monoisotopic (exact) mass is 467 g/mol. The van der Waals surface area contributed by atoms with E-state index in [-0.39, 0.29) is 19.5 Å². The Hall–Kier alpha value is 3.42. The minimum Gasteiger partial charge on any atom is -0.680 e. The van der Waals surface area contributed by atoms with Gasteiger partial charge < -0.3 is 123 Å². The molecular weight excluding hydrogens is 469 g/mol. The molecule has 0 radical (unpaired) electrons. The maximum absolute atomic E-state index is 7.25. The van der Waals surface area contributed by atoms with Gasteiger partial charge in [0.2, 0.25) is 0 Å². The predicted molar refractivity (Wildman–Crippen MR) is 72.8 cm³/mol. The molecule has 0 aromatic rings. The summed E-state index contributed by atoms with van der Waals surface area (Å²) in [6, 6.07) is 0. The van der Waals surface area contributed by atoms with Gasteiger partial charge in [-0.2, -0.15) is 0 Å². The van der Waals surface area contributed by atoms with E-state index in [4.69, 9.17) is 10.5 Å². The standard InChI is InChI=1S/5ClS.NO.Ru/c6*1-2;/q6*-1;+6. The smallest absolute Gasteiger partial charge is 0.680 e. The van der Waals surface area contributed by atoms with E-state index in [1.54, 1.807) is 0 Å². The van der Waals surface area contributed by atoms with Gasteiger partial charge in [0.25, 0.3) is 0 Å². The Labute approximate surface area is 141 Å². The van der Waals surface area contributed by atoms with Crippen LogP contribution in [0.2, 0.25) is 0 Å². The zero-order chi connectivity index (χ0) is 12.0.